The second-order valence-corrected chi connectivity index (χ2v) is 27.4. The molecule has 27 nitrogen and oxygen atoms in total. The molecule has 89 heavy (non-hydrogen) atoms. The molecule has 32 heteroatoms. The Morgan fingerprint density at radius 2 is 0.506 bits per heavy atom. The lowest BCUT2D eigenvalue weighted by Gasteiger charge is -2.27. The van der Waals surface area contributed by atoms with E-state index in [1.54, 1.807) is 55.4 Å². The summed E-state index contributed by atoms with van der Waals surface area (Å²) in [5.41, 5.74) is 0. The zero-order chi connectivity index (χ0) is 67.6. The largest absolute Gasteiger partial charge is 0.481 e. The lowest BCUT2D eigenvalue weighted by atomic mass is 10.0. The molecular formula is C57H90O27S5. The van der Waals surface area contributed by atoms with E-state index < -0.39 is 138 Å². The first-order valence-corrected chi connectivity index (χ1v) is 34.9. The minimum Gasteiger partial charge on any atom is -0.481 e. The molecule has 0 saturated carbocycles. The molecule has 0 fully saturated rings. The molecule has 0 bridgehead atoms. The van der Waals surface area contributed by atoms with Crippen molar-refractivity contribution in [2.24, 2.45) is 23.7 Å². The van der Waals surface area contributed by atoms with Crippen LogP contribution in [-0.4, -0.2) is 221 Å². The van der Waals surface area contributed by atoms with Crippen LogP contribution in [0.2, 0.25) is 0 Å². The van der Waals surface area contributed by atoms with Crippen molar-refractivity contribution in [2.45, 2.75) is 188 Å². The highest BCUT2D eigenvalue weighted by molar-refractivity contribution is 8.00. The van der Waals surface area contributed by atoms with Crippen LogP contribution in [0.3, 0.4) is 0 Å². The van der Waals surface area contributed by atoms with Crippen molar-refractivity contribution in [1.82, 2.24) is 0 Å². The van der Waals surface area contributed by atoms with Gasteiger partial charge in [0.05, 0.1) is 35.4 Å². The Hall–Kier alpha value is -5.18. The molecule has 0 aromatic carbocycles. The number of hydrogen-bond donors (Lipinski definition) is 6. The molecule has 0 spiro atoms. The standard InChI is InChI=1S/C57H90O27S5/c1-33(2)24-41(51(70)77-18-13-23-89-32-49(67)68)82-52(71)38(15-10-20-86-29-46(61)62)79-56(75)43(26-35(5)6)84-54(73)40(17-12-22-88-31-48(65)66)80-57(76)44(27-36(7)8)83-53(72)39(16-11-21-87-30-47(63)64)78-55(74)42(25-34(3)4)81-50(69)37(58)14-9-19-85-28-45(59)60/h33-44,58H,9-32H2,1-8H3,(H,59,60)(H,61,62)(H,63,64)(H,65,66)(H,67,68)/t37-,38-,39-,40-,41-,42-,43-,44-/m0/s1. The fraction of sp³-hybridized carbons (Fsp3) is 0.772. The van der Waals surface area contributed by atoms with Crippen LogP contribution >= 0.6 is 58.8 Å². The van der Waals surface area contributed by atoms with Gasteiger partial charge in [-0.2, -0.15) is 58.8 Å². The lowest BCUT2D eigenvalue weighted by molar-refractivity contribution is -0.193. The Morgan fingerprint density at radius 3 is 0.764 bits per heavy atom. The second kappa shape index (κ2) is 48.6. The number of aliphatic hydroxyl groups excluding tert-OH is 1. The summed E-state index contributed by atoms with van der Waals surface area (Å²) in [6, 6.07) is 0. The molecule has 0 rings (SSSR count). The molecule has 8 atom stereocenters. The zero-order valence-corrected chi connectivity index (χ0v) is 55.8. The molecule has 0 aliphatic rings. The van der Waals surface area contributed by atoms with Crippen molar-refractivity contribution < 1.29 is 131 Å². The Labute approximate surface area is 540 Å². The Balaban J connectivity index is 7.07. The van der Waals surface area contributed by atoms with E-state index in [-0.39, 0.29) is 154 Å². The van der Waals surface area contributed by atoms with Crippen LogP contribution in [0.25, 0.3) is 0 Å². The van der Waals surface area contributed by atoms with Crippen LogP contribution in [0.4, 0.5) is 0 Å². The summed E-state index contributed by atoms with van der Waals surface area (Å²) in [4.78, 5) is 167. The first-order valence-electron chi connectivity index (χ1n) is 29.1. The van der Waals surface area contributed by atoms with Gasteiger partial charge in [-0.25, -0.2) is 38.4 Å². The minimum atomic E-state index is -1.88. The van der Waals surface area contributed by atoms with E-state index in [9.17, 15) is 72.5 Å². The highest BCUT2D eigenvalue weighted by Gasteiger charge is 2.40. The molecule has 0 heterocycles. The summed E-state index contributed by atoms with van der Waals surface area (Å²) in [5.74, 6) is -16.8. The van der Waals surface area contributed by atoms with Gasteiger partial charge in [0.15, 0.2) is 48.8 Å². The molecule has 0 aliphatic heterocycles. The number of hydrogen-bond acceptors (Lipinski definition) is 27. The molecule has 0 amide bonds. The molecule has 0 aromatic rings. The number of aliphatic hydroxyl groups is 1. The van der Waals surface area contributed by atoms with E-state index in [0.717, 1.165) is 58.8 Å². The Morgan fingerprint density at radius 1 is 0.292 bits per heavy atom. The minimum absolute atomic E-state index is 0.0132. The first-order chi connectivity index (χ1) is 41.8. The average Bonchev–Trinajstić information content (AvgIpc) is 1.83. The number of carboxylic acid groups (broad SMARTS) is 5. The quantitative estimate of drug-likeness (QED) is 0.0229. The number of rotatable bonds is 53. The second-order valence-electron chi connectivity index (χ2n) is 21.8. The smallest absolute Gasteiger partial charge is 0.348 e. The fourth-order valence-corrected chi connectivity index (χ4v) is 10.9. The zero-order valence-electron chi connectivity index (χ0n) is 51.7. The summed E-state index contributed by atoms with van der Waals surface area (Å²) in [6.45, 7) is 13.3. The van der Waals surface area contributed by atoms with Crippen LogP contribution < -0.4 is 0 Å². The highest BCUT2D eigenvalue weighted by atomic mass is 32.2. The van der Waals surface area contributed by atoms with E-state index in [4.69, 9.17) is 58.3 Å². The summed E-state index contributed by atoms with van der Waals surface area (Å²) in [5, 5.41) is 55.9. The number of carboxylic acids is 5. The van der Waals surface area contributed by atoms with Crippen molar-refractivity contribution in [3.05, 3.63) is 0 Å². The fourth-order valence-electron chi connectivity index (χ4n) is 7.51. The van der Waals surface area contributed by atoms with Gasteiger partial charge < -0.3 is 68.5 Å². The topological polar surface area (TPSA) is 417 Å². The molecule has 0 aliphatic carbocycles. The van der Waals surface area contributed by atoms with Crippen LogP contribution in [0.5, 0.6) is 0 Å². The molecule has 0 saturated heterocycles. The van der Waals surface area contributed by atoms with Crippen molar-refractivity contribution in [1.29, 1.82) is 0 Å². The van der Waals surface area contributed by atoms with Gasteiger partial charge >= 0.3 is 77.6 Å². The number of ether oxygens (including phenoxy) is 8. The lowest BCUT2D eigenvalue weighted by Crippen LogP contribution is -2.43. The predicted molar refractivity (Wildman–Crippen MR) is 330 cm³/mol. The van der Waals surface area contributed by atoms with E-state index in [0.29, 0.717) is 5.75 Å². The normalized spacial score (nSPS) is 14.0. The van der Waals surface area contributed by atoms with Crippen LogP contribution in [0, 0.1) is 23.7 Å². The first kappa shape index (κ1) is 83.8. The number of aliphatic carboxylic acids is 5. The monoisotopic (exact) mass is 1370 g/mol. The third-order valence-corrected chi connectivity index (χ3v) is 16.6. The van der Waals surface area contributed by atoms with Gasteiger partial charge in [0.1, 0.15) is 0 Å². The number of thioether (sulfide) groups is 5. The van der Waals surface area contributed by atoms with Crippen molar-refractivity contribution in [3.8, 4) is 0 Å². The highest BCUT2D eigenvalue weighted by Crippen LogP contribution is 2.24. The van der Waals surface area contributed by atoms with E-state index in [2.05, 4.69) is 0 Å². The van der Waals surface area contributed by atoms with E-state index >= 15 is 0 Å². The van der Waals surface area contributed by atoms with Gasteiger partial charge in [0.25, 0.3) is 0 Å². The summed E-state index contributed by atoms with van der Waals surface area (Å²) < 4.78 is 44.8. The van der Waals surface area contributed by atoms with Crippen molar-refractivity contribution in [2.75, 3.05) is 64.1 Å². The molecule has 0 radical (unpaired) electrons. The molecule has 6 N–H and O–H groups in total. The van der Waals surface area contributed by atoms with Crippen molar-refractivity contribution in [3.63, 3.8) is 0 Å². The third-order valence-electron chi connectivity index (χ3n) is 11.5. The summed E-state index contributed by atoms with van der Waals surface area (Å²) in [6.07, 6.45) is -15.0. The Bertz CT molecular complexity index is 2230. The molecular weight excluding hydrogens is 1280 g/mol. The average molecular weight is 1370 g/mol. The third kappa shape index (κ3) is 43.3. The van der Waals surface area contributed by atoms with E-state index in [1.807, 2.05) is 0 Å². The molecule has 510 valence electrons. The maximum absolute atomic E-state index is 14.3. The Kier molecular flexibility index (Phi) is 45.8. The summed E-state index contributed by atoms with van der Waals surface area (Å²) in [7, 11) is 0. The number of carbonyl (C=O) groups is 13. The molecule has 0 aromatic heterocycles. The van der Waals surface area contributed by atoms with Crippen LogP contribution in [0.15, 0.2) is 0 Å². The van der Waals surface area contributed by atoms with Crippen molar-refractivity contribution >= 4 is 136 Å². The van der Waals surface area contributed by atoms with Gasteiger partial charge in [0, 0.05) is 0 Å². The van der Waals surface area contributed by atoms with Gasteiger partial charge in [-0.3, -0.25) is 24.0 Å². The van der Waals surface area contributed by atoms with Crippen LogP contribution in [0.1, 0.15) is 139 Å². The predicted octanol–water partition coefficient (Wildman–Crippen LogP) is 6.06. The maximum Gasteiger partial charge on any atom is 0.348 e. The van der Waals surface area contributed by atoms with Gasteiger partial charge in [-0.15, -0.1) is 0 Å². The van der Waals surface area contributed by atoms with Gasteiger partial charge in [0.2, 0.25) is 0 Å². The number of carbonyl (C=O) groups excluding carboxylic acids is 8. The van der Waals surface area contributed by atoms with Gasteiger partial charge in [-0.1, -0.05) is 55.4 Å². The summed E-state index contributed by atoms with van der Waals surface area (Å²) >= 11 is 5.12. The van der Waals surface area contributed by atoms with E-state index in [1.165, 1.54) is 0 Å². The maximum atomic E-state index is 14.3. The van der Waals surface area contributed by atoms with Crippen LogP contribution in [-0.2, 0) is 100 Å². The van der Waals surface area contributed by atoms with Gasteiger partial charge in [-0.05, 0) is 136 Å². The number of esters is 8. The SMILES string of the molecule is CC(C)C[C@H](OC(=O)[C@H](CCCSCC(=O)O)OC(=O)[C@H](CC(C)C)OC(=O)[C@H](CCCSCC(=O)O)OC(=O)[C@H](CC(C)C)OC(=O)[C@H](CCCSCC(=O)O)OC(=O)[C@H](CC(C)C)OC(=O)[C@@H](O)CCCSCC(=O)O)C(=O)OCCCSCC(=O)O. The molecule has 0 unspecified atom stereocenters.